The molecule has 0 aromatic heterocycles. The molecule has 0 bridgehead atoms. The summed E-state index contributed by atoms with van der Waals surface area (Å²) < 4.78 is 23.0. The monoisotopic (exact) mass is 1140 g/mol. The van der Waals surface area contributed by atoms with Gasteiger partial charge < -0.3 is 28.5 Å². The van der Waals surface area contributed by atoms with E-state index >= 15 is 0 Å². The predicted molar refractivity (Wildman–Crippen MR) is 346 cm³/mol. The number of ether oxygens (including phenoxy) is 4. The lowest BCUT2D eigenvalue weighted by Gasteiger charge is -2.25. The van der Waals surface area contributed by atoms with Crippen molar-refractivity contribution in [1.82, 2.24) is 0 Å². The van der Waals surface area contributed by atoms with Gasteiger partial charge in [0, 0.05) is 12.8 Å². The quantitative estimate of drug-likeness (QED) is 0.0211. The first-order valence-electron chi connectivity index (χ1n) is 34.5. The van der Waals surface area contributed by atoms with Gasteiger partial charge in [-0.25, -0.2) is 4.79 Å². The van der Waals surface area contributed by atoms with Gasteiger partial charge in [0.05, 0.1) is 34.4 Å². The summed E-state index contributed by atoms with van der Waals surface area (Å²) in [6, 6.07) is 0. The van der Waals surface area contributed by atoms with E-state index in [2.05, 4.69) is 74.6 Å². The molecule has 1 N–H and O–H groups in total. The Balaban J connectivity index is 4.10. The maximum absolute atomic E-state index is 12.9. The fourth-order valence-electron chi connectivity index (χ4n) is 10.0. The molecule has 0 fully saturated rings. The summed E-state index contributed by atoms with van der Waals surface area (Å²) in [5.74, 6) is -1.99. The fraction of sp³-hybridized carbons (Fsp3) is 0.819. The van der Waals surface area contributed by atoms with E-state index in [9.17, 15) is 19.5 Å². The summed E-state index contributed by atoms with van der Waals surface area (Å²) in [6.45, 7) is 4.81. The van der Waals surface area contributed by atoms with Crippen LogP contribution in [-0.4, -0.2) is 87.4 Å². The summed E-state index contributed by atoms with van der Waals surface area (Å²) >= 11 is 0. The van der Waals surface area contributed by atoms with Crippen molar-refractivity contribution in [3.05, 3.63) is 60.8 Å². The van der Waals surface area contributed by atoms with Gasteiger partial charge in [-0.15, -0.1) is 0 Å². The van der Waals surface area contributed by atoms with Crippen molar-refractivity contribution in [2.45, 2.75) is 334 Å². The molecule has 2 unspecified atom stereocenters. The van der Waals surface area contributed by atoms with Gasteiger partial charge >= 0.3 is 17.9 Å². The van der Waals surface area contributed by atoms with Gasteiger partial charge in [0.15, 0.2) is 6.10 Å². The van der Waals surface area contributed by atoms with Crippen LogP contribution in [0, 0.1) is 0 Å². The predicted octanol–water partition coefficient (Wildman–Crippen LogP) is 21.1. The third-order valence-corrected chi connectivity index (χ3v) is 15.3. The number of hydrogen-bond acceptors (Lipinski definition) is 7. The van der Waals surface area contributed by atoms with Crippen molar-refractivity contribution in [2.75, 3.05) is 47.5 Å². The number of esters is 2. The van der Waals surface area contributed by atoms with Gasteiger partial charge in [0.2, 0.25) is 0 Å². The van der Waals surface area contributed by atoms with Crippen LogP contribution >= 0.6 is 0 Å². The van der Waals surface area contributed by atoms with E-state index in [1.165, 1.54) is 231 Å². The minimum absolute atomic E-state index is 0.180. The Morgan fingerprint density at radius 2 is 0.704 bits per heavy atom. The second-order valence-electron chi connectivity index (χ2n) is 24.5. The zero-order valence-corrected chi connectivity index (χ0v) is 53.9. The van der Waals surface area contributed by atoms with Crippen molar-refractivity contribution in [3.8, 4) is 0 Å². The summed E-state index contributed by atoms with van der Waals surface area (Å²) in [4.78, 5) is 37.6. The first-order chi connectivity index (χ1) is 39.6. The van der Waals surface area contributed by atoms with Crippen LogP contribution in [0.5, 0.6) is 0 Å². The lowest BCUT2D eigenvalue weighted by Crippen LogP contribution is -2.40. The van der Waals surface area contributed by atoms with Crippen molar-refractivity contribution in [1.29, 1.82) is 0 Å². The van der Waals surface area contributed by atoms with E-state index in [0.717, 1.165) is 64.2 Å². The molecule has 9 nitrogen and oxygen atoms in total. The molecule has 0 saturated heterocycles. The van der Waals surface area contributed by atoms with Crippen molar-refractivity contribution in [2.24, 2.45) is 0 Å². The lowest BCUT2D eigenvalue weighted by atomic mass is 10.0. The van der Waals surface area contributed by atoms with E-state index in [1.54, 1.807) is 0 Å². The molecule has 472 valence electrons. The molecule has 0 saturated carbocycles. The smallest absolute Gasteiger partial charge is 0.361 e. The molecular weight excluding hydrogens is 1010 g/mol. The number of carbonyl (C=O) groups is 3. The number of aliphatic carboxylic acids is 1. The van der Waals surface area contributed by atoms with Crippen molar-refractivity contribution in [3.63, 3.8) is 0 Å². The van der Waals surface area contributed by atoms with Crippen LogP contribution in [0.1, 0.15) is 322 Å². The number of carbonyl (C=O) groups excluding carboxylic acids is 2. The number of hydrogen-bond donors (Lipinski definition) is 1. The fourth-order valence-corrected chi connectivity index (χ4v) is 10.0. The van der Waals surface area contributed by atoms with E-state index in [4.69, 9.17) is 18.9 Å². The second kappa shape index (κ2) is 63.0. The number of allylic oxidation sites excluding steroid dienone is 10. The Kier molecular flexibility index (Phi) is 60.7. The molecule has 0 heterocycles. The van der Waals surface area contributed by atoms with E-state index in [0.29, 0.717) is 17.4 Å². The number of nitrogens with zero attached hydrogens (tertiary/aromatic N) is 1. The lowest BCUT2D eigenvalue weighted by molar-refractivity contribution is -0.870. The summed E-state index contributed by atoms with van der Waals surface area (Å²) in [5, 5.41) is 9.74. The number of unbranched alkanes of at least 4 members (excludes halogenated alkanes) is 39. The number of carboxylic acid groups (broad SMARTS) is 1. The summed E-state index contributed by atoms with van der Waals surface area (Å²) in [5.41, 5.74) is 0. The first kappa shape index (κ1) is 78.0. The molecule has 0 aromatic rings. The third-order valence-electron chi connectivity index (χ3n) is 15.3. The van der Waals surface area contributed by atoms with Crippen LogP contribution in [0.25, 0.3) is 0 Å². The SMILES string of the molecule is CC/C=C\C/C=C\C/C=C\C/C=C\CCCCCCCCCCCCCCCCC(=O)OC(COC(=O)CCCCCCCCCCCCCCCCCCC/C=C\CCCCCCCCCC)COC(OCC[N+](C)(C)C)C(=O)O. The van der Waals surface area contributed by atoms with Crippen LogP contribution in [0.3, 0.4) is 0 Å². The highest BCUT2D eigenvalue weighted by Crippen LogP contribution is 2.18. The summed E-state index contributed by atoms with van der Waals surface area (Å²) in [6.07, 6.45) is 79.0. The standard InChI is InChI=1S/C72H131NO8/c1-6-8-10-12-14-16-18-20-22-24-26-28-30-32-34-35-37-38-40-42-44-46-48-50-52-54-56-58-60-62-69(74)79-66-68(67-80-72(71(76)77)78-65-64-73(3,4)5)81-70(75)63-61-59-57-55-53-51-49-47-45-43-41-39-36-33-31-29-27-25-23-21-19-17-15-13-11-9-7-2/h9,11,15,17,21,23-24,26-27,29,68,72H,6-8,10,12-14,16,18-20,22,25,28,30-67H2,1-5H3/p+1/b11-9-,17-15-,23-21-,26-24-,29-27-. The molecule has 9 heteroatoms. The minimum atomic E-state index is -1.51. The number of rotatable bonds is 64. The van der Waals surface area contributed by atoms with Gasteiger partial charge in [0.1, 0.15) is 13.2 Å². The molecule has 0 amide bonds. The van der Waals surface area contributed by atoms with Gasteiger partial charge in [-0.3, -0.25) is 9.59 Å². The topological polar surface area (TPSA) is 108 Å². The van der Waals surface area contributed by atoms with Crippen LogP contribution in [0.2, 0.25) is 0 Å². The van der Waals surface area contributed by atoms with Crippen molar-refractivity contribution >= 4 is 17.9 Å². The maximum Gasteiger partial charge on any atom is 0.361 e. The molecule has 0 aliphatic heterocycles. The normalized spacial score (nSPS) is 13.0. The average molecular weight is 1140 g/mol. The zero-order chi connectivity index (χ0) is 59.1. The van der Waals surface area contributed by atoms with Gasteiger partial charge in [-0.05, 0) is 77.0 Å². The van der Waals surface area contributed by atoms with Crippen LogP contribution in [-0.2, 0) is 33.3 Å². The van der Waals surface area contributed by atoms with E-state index in [1.807, 2.05) is 21.1 Å². The van der Waals surface area contributed by atoms with Crippen molar-refractivity contribution < 1.29 is 42.9 Å². The largest absolute Gasteiger partial charge is 0.477 e. The number of quaternary nitrogens is 1. The molecule has 0 aliphatic carbocycles. The number of likely N-dealkylation sites (N-methyl/N-ethyl adjacent to an activating group) is 1. The van der Waals surface area contributed by atoms with Gasteiger partial charge in [0.25, 0.3) is 6.29 Å². The van der Waals surface area contributed by atoms with Crippen LogP contribution < -0.4 is 0 Å². The second-order valence-corrected chi connectivity index (χ2v) is 24.5. The third kappa shape index (κ3) is 64.4. The zero-order valence-electron chi connectivity index (χ0n) is 53.9. The molecule has 0 aromatic carbocycles. The van der Waals surface area contributed by atoms with Gasteiger partial charge in [-0.1, -0.05) is 293 Å². The Labute approximate surface area is 501 Å². The van der Waals surface area contributed by atoms with Crippen LogP contribution in [0.15, 0.2) is 60.8 Å². The molecular formula is C72H132NO8+. The van der Waals surface area contributed by atoms with E-state index in [-0.39, 0.29) is 32.2 Å². The summed E-state index contributed by atoms with van der Waals surface area (Å²) in [7, 11) is 5.98. The number of carboxylic acids is 1. The molecule has 0 spiro atoms. The highest BCUT2D eigenvalue weighted by Gasteiger charge is 2.25. The Bertz CT molecular complexity index is 1510. The highest BCUT2D eigenvalue weighted by molar-refractivity contribution is 5.71. The average Bonchev–Trinajstić information content (AvgIpc) is 3.44. The Morgan fingerprint density at radius 1 is 0.383 bits per heavy atom. The first-order valence-corrected chi connectivity index (χ1v) is 34.5. The Morgan fingerprint density at radius 3 is 1.06 bits per heavy atom. The molecule has 2 atom stereocenters. The molecule has 0 rings (SSSR count). The van der Waals surface area contributed by atoms with E-state index < -0.39 is 24.3 Å². The highest BCUT2D eigenvalue weighted by atomic mass is 16.7. The minimum Gasteiger partial charge on any atom is -0.477 e. The molecule has 0 radical (unpaired) electrons. The molecule has 0 aliphatic rings. The molecule has 81 heavy (non-hydrogen) atoms. The Hall–Kier alpha value is -3.01. The maximum atomic E-state index is 12.9. The van der Waals surface area contributed by atoms with Crippen LogP contribution in [0.4, 0.5) is 0 Å². The van der Waals surface area contributed by atoms with Gasteiger partial charge in [-0.2, -0.15) is 0 Å².